The number of benzene rings is 1. The summed E-state index contributed by atoms with van der Waals surface area (Å²) in [7, 11) is 1.85. The zero-order valence-electron chi connectivity index (χ0n) is 15.7. The lowest BCUT2D eigenvalue weighted by molar-refractivity contribution is 0.171. The van der Waals surface area contributed by atoms with Crippen molar-refractivity contribution in [2.45, 2.75) is 50.5 Å². The Morgan fingerprint density at radius 2 is 1.88 bits per heavy atom. The maximum absolute atomic E-state index is 5.81. The molecule has 3 aliphatic rings. The van der Waals surface area contributed by atoms with E-state index in [0.717, 1.165) is 29.9 Å². The molecule has 2 unspecified atom stereocenters. The predicted octanol–water partition coefficient (Wildman–Crippen LogP) is 3.46. The van der Waals surface area contributed by atoms with Gasteiger partial charge in [-0.3, -0.25) is 4.99 Å². The first kappa shape index (κ1) is 19.6. The molecule has 0 amide bonds. The zero-order valence-corrected chi connectivity index (χ0v) is 18.0. The molecule has 2 atom stereocenters. The van der Waals surface area contributed by atoms with Gasteiger partial charge in [0.1, 0.15) is 13.2 Å². The monoisotopic (exact) mass is 471 g/mol. The molecule has 0 bridgehead atoms. The number of aliphatic imine (C=N–C) groups is 1. The maximum atomic E-state index is 5.81. The number of hydrogen-bond acceptors (Lipinski definition) is 3. The van der Waals surface area contributed by atoms with Gasteiger partial charge in [-0.1, -0.05) is 25.8 Å². The summed E-state index contributed by atoms with van der Waals surface area (Å²) in [6, 6.07) is 7.07. The van der Waals surface area contributed by atoms with Crippen LogP contribution in [-0.4, -0.2) is 38.8 Å². The van der Waals surface area contributed by atoms with Gasteiger partial charge in [-0.15, -0.1) is 24.0 Å². The summed E-state index contributed by atoms with van der Waals surface area (Å²) in [6.45, 7) is 4.46. The van der Waals surface area contributed by atoms with Crippen LogP contribution in [0.4, 0.5) is 0 Å². The summed E-state index contributed by atoms with van der Waals surface area (Å²) in [6.07, 6.45) is 6.21. The quantitative estimate of drug-likeness (QED) is 0.401. The Morgan fingerprint density at radius 1 is 1.19 bits per heavy atom. The number of nitrogens with zero attached hydrogens (tertiary/aromatic N) is 1. The van der Waals surface area contributed by atoms with E-state index in [-0.39, 0.29) is 29.4 Å². The molecule has 1 aromatic rings. The first-order chi connectivity index (χ1) is 12.2. The van der Waals surface area contributed by atoms with E-state index in [1.54, 1.807) is 0 Å². The fraction of sp³-hybridized carbons (Fsp3) is 0.650. The van der Waals surface area contributed by atoms with Crippen molar-refractivity contribution in [3.8, 4) is 11.5 Å². The number of fused-ring (bicyclic) bond motifs is 1. The summed E-state index contributed by atoms with van der Waals surface area (Å²) in [5.41, 5.74) is 1.51. The van der Waals surface area contributed by atoms with Gasteiger partial charge in [0.25, 0.3) is 0 Å². The van der Waals surface area contributed by atoms with Crippen molar-refractivity contribution in [1.82, 2.24) is 10.6 Å². The molecule has 2 fully saturated rings. The lowest BCUT2D eigenvalue weighted by Crippen LogP contribution is -2.45. The third kappa shape index (κ3) is 4.05. The van der Waals surface area contributed by atoms with Gasteiger partial charge in [0.15, 0.2) is 17.5 Å². The second-order valence-corrected chi connectivity index (χ2v) is 7.74. The fourth-order valence-corrected chi connectivity index (χ4v) is 4.14. The van der Waals surface area contributed by atoms with Gasteiger partial charge in [0.2, 0.25) is 0 Å². The summed E-state index contributed by atoms with van der Waals surface area (Å²) in [4.78, 5) is 4.41. The number of halogens is 1. The predicted molar refractivity (Wildman–Crippen MR) is 115 cm³/mol. The first-order valence-electron chi connectivity index (χ1n) is 9.57. The van der Waals surface area contributed by atoms with Crippen LogP contribution in [0.2, 0.25) is 0 Å². The molecule has 2 aliphatic carbocycles. The van der Waals surface area contributed by atoms with Gasteiger partial charge < -0.3 is 20.1 Å². The van der Waals surface area contributed by atoms with Gasteiger partial charge in [0, 0.05) is 25.0 Å². The van der Waals surface area contributed by atoms with Crippen LogP contribution in [0, 0.1) is 5.92 Å². The van der Waals surface area contributed by atoms with Crippen molar-refractivity contribution in [2.24, 2.45) is 10.9 Å². The van der Waals surface area contributed by atoms with E-state index in [1.807, 2.05) is 7.05 Å². The molecule has 1 heterocycles. The van der Waals surface area contributed by atoms with Gasteiger partial charge in [0.05, 0.1) is 0 Å². The van der Waals surface area contributed by atoms with Crippen molar-refractivity contribution >= 4 is 29.9 Å². The highest BCUT2D eigenvalue weighted by Crippen LogP contribution is 2.43. The van der Waals surface area contributed by atoms with Crippen LogP contribution in [0.5, 0.6) is 11.5 Å². The van der Waals surface area contributed by atoms with Crippen LogP contribution in [-0.2, 0) is 5.41 Å². The molecule has 1 aromatic carbocycles. The standard InChI is InChI=1S/C20H29N3O2.HI/c1-14-11-16(14)23-19(21-2)22-13-20(7-3-4-8-20)15-5-6-17-18(12-15)25-10-9-24-17;/h5-6,12,14,16H,3-4,7-11,13H2,1-2H3,(H2,21,22,23);1H. The van der Waals surface area contributed by atoms with E-state index in [0.29, 0.717) is 19.3 Å². The molecular formula is C20H30IN3O2. The lowest BCUT2D eigenvalue weighted by atomic mass is 9.78. The van der Waals surface area contributed by atoms with Crippen molar-refractivity contribution in [3.63, 3.8) is 0 Å². The second-order valence-electron chi connectivity index (χ2n) is 7.74. The largest absolute Gasteiger partial charge is 0.486 e. The molecule has 6 heteroatoms. The molecular weight excluding hydrogens is 441 g/mol. The molecule has 5 nitrogen and oxygen atoms in total. The number of guanidine groups is 1. The molecule has 0 saturated heterocycles. The van der Waals surface area contributed by atoms with Crippen LogP contribution >= 0.6 is 24.0 Å². The van der Waals surface area contributed by atoms with Gasteiger partial charge in [-0.2, -0.15) is 0 Å². The first-order valence-corrected chi connectivity index (χ1v) is 9.57. The van der Waals surface area contributed by atoms with E-state index in [1.165, 1.54) is 37.7 Å². The smallest absolute Gasteiger partial charge is 0.191 e. The summed E-state index contributed by atoms with van der Waals surface area (Å²) in [5, 5.41) is 7.12. The van der Waals surface area contributed by atoms with E-state index in [4.69, 9.17) is 9.47 Å². The number of rotatable bonds is 4. The van der Waals surface area contributed by atoms with Crippen molar-refractivity contribution in [1.29, 1.82) is 0 Å². The van der Waals surface area contributed by atoms with Gasteiger partial charge >= 0.3 is 0 Å². The minimum atomic E-state index is 0. The van der Waals surface area contributed by atoms with Crippen LogP contribution in [0.15, 0.2) is 23.2 Å². The molecule has 4 rings (SSSR count). The summed E-state index contributed by atoms with van der Waals surface area (Å²) in [5.74, 6) is 3.45. The Balaban J connectivity index is 0.00000196. The Labute approximate surface area is 173 Å². The second kappa shape index (κ2) is 8.23. The zero-order chi connectivity index (χ0) is 17.3. The average Bonchev–Trinajstić information content (AvgIpc) is 3.14. The third-order valence-electron chi connectivity index (χ3n) is 5.96. The normalized spacial score (nSPS) is 26.0. The SMILES string of the molecule is CN=C(NCC1(c2ccc3c(c2)OCCO3)CCCC1)NC1CC1C.I. The van der Waals surface area contributed by atoms with Crippen molar-refractivity contribution in [3.05, 3.63) is 23.8 Å². The fourth-order valence-electron chi connectivity index (χ4n) is 4.14. The van der Waals surface area contributed by atoms with Crippen LogP contribution in [0.25, 0.3) is 0 Å². The topological polar surface area (TPSA) is 54.9 Å². The molecule has 0 spiro atoms. The maximum Gasteiger partial charge on any atom is 0.191 e. The van der Waals surface area contributed by atoms with Crippen molar-refractivity contribution in [2.75, 3.05) is 26.8 Å². The molecule has 0 radical (unpaired) electrons. The Kier molecular flexibility index (Phi) is 6.20. The minimum Gasteiger partial charge on any atom is -0.486 e. The Hall–Kier alpha value is -1.18. The van der Waals surface area contributed by atoms with Crippen molar-refractivity contribution < 1.29 is 9.47 Å². The van der Waals surface area contributed by atoms with E-state index >= 15 is 0 Å². The van der Waals surface area contributed by atoms with E-state index in [2.05, 4.69) is 40.7 Å². The molecule has 26 heavy (non-hydrogen) atoms. The van der Waals surface area contributed by atoms with E-state index in [9.17, 15) is 0 Å². The molecule has 144 valence electrons. The van der Waals surface area contributed by atoms with Crippen LogP contribution < -0.4 is 20.1 Å². The van der Waals surface area contributed by atoms with Gasteiger partial charge in [-0.25, -0.2) is 0 Å². The van der Waals surface area contributed by atoms with E-state index < -0.39 is 0 Å². The highest BCUT2D eigenvalue weighted by Gasteiger charge is 2.37. The highest BCUT2D eigenvalue weighted by atomic mass is 127. The molecule has 1 aliphatic heterocycles. The number of hydrogen-bond donors (Lipinski definition) is 2. The number of ether oxygens (including phenoxy) is 2. The summed E-state index contributed by atoms with van der Waals surface area (Å²) >= 11 is 0. The number of nitrogens with one attached hydrogen (secondary N) is 2. The third-order valence-corrected chi connectivity index (χ3v) is 5.96. The summed E-state index contributed by atoms with van der Waals surface area (Å²) < 4.78 is 11.5. The molecule has 2 N–H and O–H groups in total. The van der Waals surface area contributed by atoms with Crippen LogP contribution in [0.3, 0.4) is 0 Å². The highest BCUT2D eigenvalue weighted by molar-refractivity contribution is 14.0. The lowest BCUT2D eigenvalue weighted by Gasteiger charge is -2.32. The Bertz CT molecular complexity index is 658. The molecule has 0 aromatic heterocycles. The molecule has 2 saturated carbocycles. The average molecular weight is 471 g/mol. The Morgan fingerprint density at radius 3 is 2.54 bits per heavy atom. The van der Waals surface area contributed by atoms with Crippen LogP contribution in [0.1, 0.15) is 44.6 Å². The van der Waals surface area contributed by atoms with Gasteiger partial charge in [-0.05, 0) is 42.9 Å². The minimum absolute atomic E-state index is 0.